The Morgan fingerprint density at radius 1 is 1.16 bits per heavy atom. The number of methoxy groups -OCH3 is 2. The first kappa shape index (κ1) is 19.4. The van der Waals surface area contributed by atoms with Gasteiger partial charge in [0.25, 0.3) is 5.91 Å². The fraction of sp³-hybridized carbons (Fsp3) is 0.467. The van der Waals surface area contributed by atoms with Crippen LogP contribution in [0.25, 0.3) is 0 Å². The van der Waals surface area contributed by atoms with Crippen LogP contribution >= 0.6 is 11.8 Å². The van der Waals surface area contributed by atoms with E-state index in [9.17, 15) is 18.0 Å². The van der Waals surface area contributed by atoms with Gasteiger partial charge in [-0.2, -0.15) is 0 Å². The molecular weight excluding hydrogens is 368 g/mol. The van der Waals surface area contributed by atoms with Crippen LogP contribution in [0.1, 0.15) is 16.8 Å². The van der Waals surface area contributed by atoms with Gasteiger partial charge in [0.05, 0.1) is 31.5 Å². The second-order valence-corrected chi connectivity index (χ2v) is 8.96. The Labute approximate surface area is 150 Å². The van der Waals surface area contributed by atoms with Gasteiger partial charge < -0.3 is 9.47 Å². The number of nitrogens with one attached hydrogen (secondary N) is 2. The molecule has 2 rings (SSSR count). The molecule has 0 radical (unpaired) electrons. The first-order chi connectivity index (χ1) is 11.8. The van der Waals surface area contributed by atoms with Gasteiger partial charge in [-0.1, -0.05) is 0 Å². The number of hydrogen-bond donors (Lipinski definition) is 2. The Kier molecular flexibility index (Phi) is 6.54. The number of hydrogen-bond acceptors (Lipinski definition) is 7. The Hall–Kier alpha value is -1.94. The number of rotatable bonds is 6. The van der Waals surface area contributed by atoms with Gasteiger partial charge in [-0.05, 0) is 18.6 Å². The van der Waals surface area contributed by atoms with Crippen LogP contribution in [0.4, 0.5) is 0 Å². The molecule has 1 aromatic carbocycles. The van der Waals surface area contributed by atoms with Gasteiger partial charge in [-0.15, -0.1) is 11.8 Å². The molecule has 25 heavy (non-hydrogen) atoms. The van der Waals surface area contributed by atoms with Gasteiger partial charge in [0.15, 0.2) is 9.84 Å². The van der Waals surface area contributed by atoms with E-state index in [1.54, 1.807) is 6.07 Å². The van der Waals surface area contributed by atoms with E-state index in [-0.39, 0.29) is 28.1 Å². The molecule has 1 aromatic rings. The summed E-state index contributed by atoms with van der Waals surface area (Å²) < 4.78 is 32.9. The van der Waals surface area contributed by atoms with E-state index in [1.165, 1.54) is 38.1 Å². The van der Waals surface area contributed by atoms with Gasteiger partial charge >= 0.3 is 0 Å². The van der Waals surface area contributed by atoms with Crippen LogP contribution in [-0.4, -0.2) is 57.0 Å². The number of ether oxygens (including phenoxy) is 2. The Balaban J connectivity index is 1.82. The standard InChI is InChI=1S/C15H20N2O6S2/c1-22-11-5-10(6-12(7-11)23-2)15(19)17-16-14(18)8-24-13-3-4-25(20,21)9-13/h5-7,13H,3-4,8-9H2,1-2H3,(H,16,18)(H,17,19)/t13-/m1/s1. The van der Waals surface area contributed by atoms with Crippen molar-refractivity contribution in [1.29, 1.82) is 0 Å². The van der Waals surface area contributed by atoms with Crippen molar-refractivity contribution in [3.63, 3.8) is 0 Å². The van der Waals surface area contributed by atoms with Crippen LogP contribution < -0.4 is 20.3 Å². The molecule has 0 aliphatic carbocycles. The van der Waals surface area contributed by atoms with E-state index in [4.69, 9.17) is 9.47 Å². The zero-order chi connectivity index (χ0) is 18.4. The molecule has 0 bridgehead atoms. The van der Waals surface area contributed by atoms with Crippen molar-refractivity contribution < 1.29 is 27.5 Å². The Bertz CT molecular complexity index is 728. The lowest BCUT2D eigenvalue weighted by Gasteiger charge is -2.11. The Morgan fingerprint density at radius 3 is 2.32 bits per heavy atom. The third kappa shape index (κ3) is 5.82. The van der Waals surface area contributed by atoms with Crippen LogP contribution in [0.2, 0.25) is 0 Å². The van der Waals surface area contributed by atoms with Crippen LogP contribution in [0.15, 0.2) is 18.2 Å². The Morgan fingerprint density at radius 2 is 1.80 bits per heavy atom. The SMILES string of the molecule is COc1cc(OC)cc(C(=O)NNC(=O)CS[C@@H]2CCS(=O)(=O)C2)c1. The highest BCUT2D eigenvalue weighted by Crippen LogP contribution is 2.24. The van der Waals surface area contributed by atoms with Crippen LogP contribution in [0, 0.1) is 0 Å². The summed E-state index contributed by atoms with van der Waals surface area (Å²) in [6, 6.07) is 4.66. The van der Waals surface area contributed by atoms with Gasteiger partial charge in [-0.25, -0.2) is 8.42 Å². The molecule has 1 saturated heterocycles. The molecule has 8 nitrogen and oxygen atoms in total. The summed E-state index contributed by atoms with van der Waals surface area (Å²) >= 11 is 1.27. The zero-order valence-corrected chi connectivity index (χ0v) is 15.5. The monoisotopic (exact) mass is 388 g/mol. The van der Waals surface area contributed by atoms with Crippen molar-refractivity contribution in [2.45, 2.75) is 11.7 Å². The van der Waals surface area contributed by atoms with E-state index < -0.39 is 21.7 Å². The summed E-state index contributed by atoms with van der Waals surface area (Å²) in [7, 11) is -0.0226. The molecule has 1 heterocycles. The topological polar surface area (TPSA) is 111 Å². The number of carbonyl (C=O) groups excluding carboxylic acids is 2. The van der Waals surface area contributed by atoms with E-state index in [0.29, 0.717) is 17.9 Å². The molecule has 0 saturated carbocycles. The molecule has 1 fully saturated rings. The molecule has 138 valence electrons. The average Bonchev–Trinajstić information content (AvgIpc) is 2.96. The summed E-state index contributed by atoms with van der Waals surface area (Å²) in [6.07, 6.45) is 0.552. The zero-order valence-electron chi connectivity index (χ0n) is 13.9. The van der Waals surface area contributed by atoms with Crippen molar-refractivity contribution >= 4 is 33.4 Å². The van der Waals surface area contributed by atoms with Crippen molar-refractivity contribution in [2.24, 2.45) is 0 Å². The number of carbonyl (C=O) groups is 2. The molecule has 0 unspecified atom stereocenters. The van der Waals surface area contributed by atoms with Crippen LogP contribution in [0.3, 0.4) is 0 Å². The third-order valence-corrected chi connectivity index (χ3v) is 6.85. The van der Waals surface area contributed by atoms with Crippen molar-refractivity contribution in [1.82, 2.24) is 10.9 Å². The first-order valence-corrected chi connectivity index (χ1v) is 10.3. The van der Waals surface area contributed by atoms with Crippen LogP contribution in [0.5, 0.6) is 11.5 Å². The predicted molar refractivity (Wildman–Crippen MR) is 94.7 cm³/mol. The molecular formula is C15H20N2O6S2. The smallest absolute Gasteiger partial charge is 0.269 e. The number of amides is 2. The van der Waals surface area contributed by atoms with Gasteiger partial charge in [0, 0.05) is 16.9 Å². The lowest BCUT2D eigenvalue weighted by molar-refractivity contribution is -0.119. The molecule has 1 atom stereocenters. The fourth-order valence-corrected chi connectivity index (χ4v) is 5.70. The lowest BCUT2D eigenvalue weighted by atomic mass is 10.2. The first-order valence-electron chi connectivity index (χ1n) is 7.47. The number of hydrazine groups is 1. The van der Waals surface area contributed by atoms with Gasteiger partial charge in [0.1, 0.15) is 11.5 Å². The normalized spacial score (nSPS) is 18.4. The van der Waals surface area contributed by atoms with Crippen LogP contribution in [-0.2, 0) is 14.6 Å². The quantitative estimate of drug-likeness (QED) is 0.678. The largest absolute Gasteiger partial charge is 0.497 e. The number of thioether (sulfide) groups is 1. The maximum absolute atomic E-state index is 12.1. The van der Waals surface area contributed by atoms with E-state index in [0.717, 1.165) is 0 Å². The molecule has 2 amide bonds. The van der Waals surface area contributed by atoms with Gasteiger partial charge in [0.2, 0.25) is 5.91 Å². The maximum Gasteiger partial charge on any atom is 0.269 e. The third-order valence-electron chi connectivity index (χ3n) is 3.57. The number of sulfone groups is 1. The van der Waals surface area contributed by atoms with Gasteiger partial charge in [-0.3, -0.25) is 20.4 Å². The highest BCUT2D eigenvalue weighted by Gasteiger charge is 2.28. The highest BCUT2D eigenvalue weighted by molar-refractivity contribution is 8.02. The summed E-state index contributed by atoms with van der Waals surface area (Å²) in [5.74, 6) is 0.322. The van der Waals surface area contributed by atoms with E-state index in [1.807, 2.05) is 0 Å². The summed E-state index contributed by atoms with van der Waals surface area (Å²) in [5, 5.41) is -0.0749. The fourth-order valence-electron chi connectivity index (χ4n) is 2.26. The highest BCUT2D eigenvalue weighted by atomic mass is 32.2. The van der Waals surface area contributed by atoms with Crippen molar-refractivity contribution in [3.05, 3.63) is 23.8 Å². The molecule has 0 aromatic heterocycles. The molecule has 2 N–H and O–H groups in total. The molecule has 1 aliphatic heterocycles. The molecule has 1 aliphatic rings. The van der Waals surface area contributed by atoms with E-state index >= 15 is 0 Å². The number of benzene rings is 1. The average molecular weight is 388 g/mol. The predicted octanol–water partition coefficient (Wildman–Crippen LogP) is 0.385. The minimum atomic E-state index is -2.96. The molecule has 10 heteroatoms. The summed E-state index contributed by atoms with van der Waals surface area (Å²) in [4.78, 5) is 23.9. The molecule has 0 spiro atoms. The van der Waals surface area contributed by atoms with E-state index in [2.05, 4.69) is 10.9 Å². The summed E-state index contributed by atoms with van der Waals surface area (Å²) in [6.45, 7) is 0. The van der Waals surface area contributed by atoms with Crippen molar-refractivity contribution in [2.75, 3.05) is 31.5 Å². The lowest BCUT2D eigenvalue weighted by Crippen LogP contribution is -2.42. The van der Waals surface area contributed by atoms with Crippen molar-refractivity contribution in [3.8, 4) is 11.5 Å². The minimum Gasteiger partial charge on any atom is -0.497 e. The minimum absolute atomic E-state index is 0.0713. The maximum atomic E-state index is 12.1. The summed E-state index contributed by atoms with van der Waals surface area (Å²) in [5.41, 5.74) is 4.89. The second kappa shape index (κ2) is 8.43. The second-order valence-electron chi connectivity index (χ2n) is 5.44.